The Balaban J connectivity index is 1.86. The molecule has 5 nitrogen and oxygen atoms in total. The van der Waals surface area contributed by atoms with Crippen molar-refractivity contribution >= 4 is 29.0 Å². The lowest BCUT2D eigenvalue weighted by molar-refractivity contribution is 0.102. The van der Waals surface area contributed by atoms with Crippen molar-refractivity contribution in [2.45, 2.75) is 25.7 Å². The Kier molecular flexibility index (Phi) is 6.50. The van der Waals surface area contributed by atoms with Crippen LogP contribution in [0.1, 0.15) is 31.1 Å². The van der Waals surface area contributed by atoms with Gasteiger partial charge < -0.3 is 19.7 Å². The summed E-state index contributed by atoms with van der Waals surface area (Å²) in [5.41, 5.74) is 2.39. The van der Waals surface area contributed by atoms with Crippen molar-refractivity contribution < 1.29 is 14.3 Å². The molecule has 0 spiro atoms. The third-order valence-corrected chi connectivity index (χ3v) is 5.42. The molecule has 0 atom stereocenters. The molecule has 3 rings (SSSR count). The summed E-state index contributed by atoms with van der Waals surface area (Å²) < 4.78 is 11.2. The number of rotatable bonds is 7. The maximum atomic E-state index is 12.9. The highest BCUT2D eigenvalue weighted by molar-refractivity contribution is 7.99. The van der Waals surface area contributed by atoms with E-state index in [1.54, 1.807) is 6.07 Å². The predicted molar refractivity (Wildman–Crippen MR) is 112 cm³/mol. The van der Waals surface area contributed by atoms with Crippen molar-refractivity contribution in [1.82, 2.24) is 0 Å². The number of benzene rings is 2. The van der Waals surface area contributed by atoms with Crippen LogP contribution in [0.2, 0.25) is 0 Å². The zero-order chi connectivity index (χ0) is 19.2. The van der Waals surface area contributed by atoms with Gasteiger partial charge in [-0.2, -0.15) is 0 Å². The van der Waals surface area contributed by atoms with Crippen LogP contribution < -0.4 is 19.7 Å². The number of amides is 1. The molecular formula is C21H26N2O3S. The van der Waals surface area contributed by atoms with Gasteiger partial charge in [0.1, 0.15) is 11.5 Å². The molecule has 2 aromatic carbocycles. The lowest BCUT2D eigenvalue weighted by Crippen LogP contribution is -2.29. The zero-order valence-corrected chi connectivity index (χ0v) is 16.9. The molecule has 1 aliphatic heterocycles. The van der Waals surface area contributed by atoms with Crippen LogP contribution in [0, 0.1) is 0 Å². The summed E-state index contributed by atoms with van der Waals surface area (Å²) in [6.45, 7) is 9.02. The quantitative estimate of drug-likeness (QED) is 0.749. The zero-order valence-electron chi connectivity index (χ0n) is 16.1. The van der Waals surface area contributed by atoms with Gasteiger partial charge in [-0.15, -0.1) is 11.8 Å². The maximum absolute atomic E-state index is 12.9. The highest BCUT2D eigenvalue weighted by Gasteiger charge is 2.19. The first-order valence-corrected chi connectivity index (χ1v) is 10.4. The van der Waals surface area contributed by atoms with Crippen LogP contribution in [0.5, 0.6) is 11.5 Å². The molecule has 0 unspecified atom stereocenters. The summed E-state index contributed by atoms with van der Waals surface area (Å²) in [6.07, 6.45) is 0. The Hall–Kier alpha value is -2.34. The van der Waals surface area contributed by atoms with Gasteiger partial charge >= 0.3 is 0 Å². The van der Waals surface area contributed by atoms with Crippen molar-refractivity contribution in [3.05, 3.63) is 42.0 Å². The maximum Gasteiger partial charge on any atom is 0.255 e. The van der Waals surface area contributed by atoms with Crippen molar-refractivity contribution in [2.24, 2.45) is 0 Å². The molecule has 1 aliphatic rings. The molecule has 0 bridgehead atoms. The van der Waals surface area contributed by atoms with Crippen LogP contribution in [0.25, 0.3) is 0 Å². The van der Waals surface area contributed by atoms with Gasteiger partial charge in [-0.05, 0) is 51.1 Å². The lowest BCUT2D eigenvalue weighted by Gasteiger charge is -2.30. The Bertz CT molecular complexity index is 810. The molecule has 1 amide bonds. The van der Waals surface area contributed by atoms with Gasteiger partial charge in [0.15, 0.2) is 0 Å². The number of carbonyl (C=O) groups is 1. The average molecular weight is 387 g/mol. The number of hydrogen-bond donors (Lipinski definition) is 1. The number of nitrogens with one attached hydrogen (secondary N) is 1. The molecule has 0 aliphatic carbocycles. The number of hydrogen-bond acceptors (Lipinski definition) is 5. The number of nitrogens with zero attached hydrogens (tertiary/aromatic N) is 1. The summed E-state index contributed by atoms with van der Waals surface area (Å²) in [5, 5.41) is 2.98. The van der Waals surface area contributed by atoms with E-state index in [4.69, 9.17) is 9.47 Å². The summed E-state index contributed by atoms with van der Waals surface area (Å²) in [6, 6.07) is 11.4. The summed E-state index contributed by atoms with van der Waals surface area (Å²) in [4.78, 5) is 16.4. The van der Waals surface area contributed by atoms with Crippen molar-refractivity contribution in [2.75, 3.05) is 42.3 Å². The first kappa shape index (κ1) is 19.4. The molecule has 0 fully saturated rings. The van der Waals surface area contributed by atoms with Crippen LogP contribution in [0.15, 0.2) is 41.3 Å². The van der Waals surface area contributed by atoms with Gasteiger partial charge in [0, 0.05) is 35.4 Å². The van der Waals surface area contributed by atoms with Gasteiger partial charge in [-0.1, -0.05) is 0 Å². The largest absolute Gasteiger partial charge is 0.494 e. The van der Waals surface area contributed by atoms with Crippen LogP contribution in [0.4, 0.5) is 11.4 Å². The minimum atomic E-state index is -0.154. The van der Waals surface area contributed by atoms with Crippen molar-refractivity contribution in [3.63, 3.8) is 0 Å². The second-order valence-corrected chi connectivity index (χ2v) is 7.23. The fraction of sp³-hybridized carbons (Fsp3) is 0.381. The molecule has 1 N–H and O–H groups in total. The molecule has 2 aromatic rings. The third kappa shape index (κ3) is 4.50. The minimum Gasteiger partial charge on any atom is -0.494 e. The van der Waals surface area contributed by atoms with Crippen molar-refractivity contribution in [3.8, 4) is 11.5 Å². The smallest absolute Gasteiger partial charge is 0.255 e. The van der Waals surface area contributed by atoms with E-state index < -0.39 is 0 Å². The average Bonchev–Trinajstić information content (AvgIpc) is 2.69. The Morgan fingerprint density at radius 2 is 1.93 bits per heavy atom. The third-order valence-electron chi connectivity index (χ3n) is 4.37. The van der Waals surface area contributed by atoms with Gasteiger partial charge in [0.25, 0.3) is 5.91 Å². The van der Waals surface area contributed by atoms with Gasteiger partial charge in [0.2, 0.25) is 0 Å². The van der Waals surface area contributed by atoms with Crippen molar-refractivity contribution in [1.29, 1.82) is 0 Å². The fourth-order valence-corrected chi connectivity index (χ4v) is 4.11. The fourth-order valence-electron chi connectivity index (χ4n) is 3.08. The predicted octanol–water partition coefficient (Wildman–Crippen LogP) is 4.67. The van der Waals surface area contributed by atoms with E-state index >= 15 is 0 Å². The second-order valence-electron chi connectivity index (χ2n) is 6.09. The van der Waals surface area contributed by atoms with E-state index in [1.165, 1.54) is 4.90 Å². The Morgan fingerprint density at radius 3 is 2.67 bits per heavy atom. The van der Waals surface area contributed by atoms with Gasteiger partial charge in [-0.3, -0.25) is 4.79 Å². The topological polar surface area (TPSA) is 50.8 Å². The number of ether oxygens (including phenoxy) is 2. The molecule has 1 heterocycles. The van der Waals surface area contributed by atoms with Crippen LogP contribution in [0.3, 0.4) is 0 Å². The molecule has 0 aromatic heterocycles. The summed E-state index contributed by atoms with van der Waals surface area (Å²) >= 11 is 1.84. The number of thioether (sulfide) groups is 1. The number of anilines is 2. The molecule has 6 heteroatoms. The lowest BCUT2D eigenvalue weighted by atomic mass is 10.1. The van der Waals surface area contributed by atoms with Gasteiger partial charge in [0.05, 0.1) is 24.6 Å². The highest BCUT2D eigenvalue weighted by atomic mass is 32.2. The SMILES string of the molecule is CCOc1ccc(OCC)c(NC(=O)c2ccc3c(c2)N(CC)CCS3)c1. The standard InChI is InChI=1S/C21H26N2O3S/c1-4-23-11-12-27-20-10-7-15(13-18(20)23)21(24)22-17-14-16(25-5-2)8-9-19(17)26-6-3/h7-10,13-14H,4-6,11-12H2,1-3H3,(H,22,24). The van der Waals surface area contributed by atoms with Crippen LogP contribution in [-0.2, 0) is 0 Å². The van der Waals surface area contributed by atoms with E-state index in [0.717, 1.165) is 24.5 Å². The molecule has 0 radical (unpaired) electrons. The summed E-state index contributed by atoms with van der Waals surface area (Å²) in [7, 11) is 0. The van der Waals surface area contributed by atoms with E-state index in [9.17, 15) is 4.79 Å². The number of fused-ring (bicyclic) bond motifs is 1. The molecular weight excluding hydrogens is 360 g/mol. The normalized spacial score (nSPS) is 13.1. The van der Waals surface area contributed by atoms with Crippen LogP contribution >= 0.6 is 11.8 Å². The van der Waals surface area contributed by atoms with Crippen LogP contribution in [-0.4, -0.2) is 38.0 Å². The minimum absolute atomic E-state index is 0.154. The Morgan fingerprint density at radius 1 is 1.11 bits per heavy atom. The van der Waals surface area contributed by atoms with Gasteiger partial charge in [-0.25, -0.2) is 0 Å². The summed E-state index contributed by atoms with van der Waals surface area (Å²) in [5.74, 6) is 2.26. The van der Waals surface area contributed by atoms with E-state index in [-0.39, 0.29) is 5.91 Å². The van der Waals surface area contributed by atoms with E-state index in [2.05, 4.69) is 17.1 Å². The molecule has 0 saturated carbocycles. The molecule has 27 heavy (non-hydrogen) atoms. The highest BCUT2D eigenvalue weighted by Crippen LogP contribution is 2.36. The molecule has 144 valence electrons. The monoisotopic (exact) mass is 386 g/mol. The Labute approximate surface area is 165 Å². The second kappa shape index (κ2) is 9.04. The number of carbonyl (C=O) groups excluding carboxylic acids is 1. The first-order valence-electron chi connectivity index (χ1n) is 9.39. The van der Waals surface area contributed by atoms with E-state index in [0.29, 0.717) is 36.0 Å². The van der Waals surface area contributed by atoms with E-state index in [1.807, 2.05) is 55.9 Å². The first-order chi connectivity index (χ1) is 13.2. The molecule has 0 saturated heterocycles.